The molecule has 1 aromatic heterocycles. The molecule has 9 heteroatoms. The number of carbonyl (C=O) groups is 2. The highest BCUT2D eigenvalue weighted by Crippen LogP contribution is 2.35. The lowest BCUT2D eigenvalue weighted by atomic mass is 10.1. The normalized spacial score (nSPS) is 23.1. The van der Waals surface area contributed by atoms with E-state index in [4.69, 9.17) is 21.7 Å². The molecule has 7 nitrogen and oxygen atoms in total. The number of fused-ring (bicyclic) bond motifs is 1. The Kier molecular flexibility index (Phi) is 6.32. The lowest BCUT2D eigenvalue weighted by Gasteiger charge is -2.27. The molecule has 0 spiro atoms. The van der Waals surface area contributed by atoms with E-state index in [1.54, 1.807) is 4.90 Å². The topological polar surface area (TPSA) is 64.0 Å². The van der Waals surface area contributed by atoms with Crippen molar-refractivity contribution in [2.75, 3.05) is 39.5 Å². The molecule has 32 heavy (non-hydrogen) atoms. The largest absolute Gasteiger partial charge is 0.378 e. The molecule has 3 aliphatic rings. The fourth-order valence-electron chi connectivity index (χ4n) is 4.37. The maximum Gasteiger partial charge on any atom is 0.266 e. The molecule has 0 radical (unpaired) electrons. The van der Waals surface area contributed by atoms with Gasteiger partial charge in [-0.05, 0) is 25.0 Å². The van der Waals surface area contributed by atoms with Crippen LogP contribution in [0, 0.1) is 0 Å². The molecular formula is C23H25N3O4S2. The second-order valence-corrected chi connectivity index (χ2v) is 9.83. The molecule has 2 aromatic rings. The minimum absolute atomic E-state index is 0.0602. The summed E-state index contributed by atoms with van der Waals surface area (Å²) in [6, 6.07) is 7.95. The Balaban J connectivity index is 1.39. The van der Waals surface area contributed by atoms with Gasteiger partial charge < -0.3 is 18.9 Å². The number of amides is 2. The molecule has 0 saturated carbocycles. The van der Waals surface area contributed by atoms with Crippen molar-refractivity contribution in [2.24, 2.45) is 0 Å². The fraction of sp³-hybridized carbons (Fsp3) is 0.435. The first kappa shape index (κ1) is 21.6. The van der Waals surface area contributed by atoms with Gasteiger partial charge in [0.2, 0.25) is 5.91 Å². The Morgan fingerprint density at radius 3 is 2.81 bits per heavy atom. The standard InChI is InChI=1S/C23H25N3O4S2/c27-21(24-7-10-29-11-8-24)15-25-13-16(18-5-1-2-6-19(18)25)12-20-22(28)26(23(31)32-20)14-17-4-3-9-30-17/h1-2,5-6,12-13,17H,3-4,7-11,14-15H2. The van der Waals surface area contributed by atoms with E-state index in [1.807, 2.05) is 46.0 Å². The predicted octanol–water partition coefficient (Wildman–Crippen LogP) is 2.88. The second-order valence-electron chi connectivity index (χ2n) is 8.15. The van der Waals surface area contributed by atoms with Gasteiger partial charge in [0.05, 0.1) is 30.8 Å². The van der Waals surface area contributed by atoms with E-state index in [1.165, 1.54) is 11.8 Å². The van der Waals surface area contributed by atoms with E-state index >= 15 is 0 Å². The first-order valence-electron chi connectivity index (χ1n) is 10.9. The van der Waals surface area contributed by atoms with Crippen LogP contribution in [0.3, 0.4) is 0 Å². The summed E-state index contributed by atoms with van der Waals surface area (Å²) in [7, 11) is 0. The van der Waals surface area contributed by atoms with E-state index < -0.39 is 0 Å². The van der Waals surface area contributed by atoms with Crippen molar-refractivity contribution in [2.45, 2.75) is 25.5 Å². The summed E-state index contributed by atoms with van der Waals surface area (Å²) in [6.45, 7) is 3.93. The number of thiocarbonyl (C=S) groups is 1. The number of ether oxygens (including phenoxy) is 2. The molecule has 0 aliphatic carbocycles. The van der Waals surface area contributed by atoms with Crippen molar-refractivity contribution in [3.8, 4) is 0 Å². The lowest BCUT2D eigenvalue weighted by molar-refractivity contribution is -0.135. The predicted molar refractivity (Wildman–Crippen MR) is 128 cm³/mol. The number of benzene rings is 1. The van der Waals surface area contributed by atoms with Crippen LogP contribution >= 0.6 is 24.0 Å². The van der Waals surface area contributed by atoms with Crippen LogP contribution in [0.1, 0.15) is 18.4 Å². The third kappa shape index (κ3) is 4.34. The number of aromatic nitrogens is 1. The summed E-state index contributed by atoms with van der Waals surface area (Å²) in [5, 5.41) is 1.01. The monoisotopic (exact) mass is 471 g/mol. The van der Waals surface area contributed by atoms with Crippen molar-refractivity contribution < 1.29 is 19.1 Å². The molecule has 0 bridgehead atoms. The van der Waals surface area contributed by atoms with E-state index in [0.29, 0.717) is 42.1 Å². The molecule has 3 saturated heterocycles. The quantitative estimate of drug-likeness (QED) is 0.494. The molecule has 168 valence electrons. The van der Waals surface area contributed by atoms with Crippen molar-refractivity contribution in [1.82, 2.24) is 14.4 Å². The van der Waals surface area contributed by atoms with Crippen LogP contribution in [-0.2, 0) is 25.6 Å². The summed E-state index contributed by atoms with van der Waals surface area (Å²) in [6.07, 6.45) is 5.89. The maximum atomic E-state index is 13.0. The summed E-state index contributed by atoms with van der Waals surface area (Å²) in [5.74, 6) is 0.000199. The molecule has 1 aromatic carbocycles. The molecule has 0 N–H and O–H groups in total. The van der Waals surface area contributed by atoms with Gasteiger partial charge in [-0.1, -0.05) is 42.2 Å². The van der Waals surface area contributed by atoms with Crippen LogP contribution in [0.5, 0.6) is 0 Å². The number of carbonyl (C=O) groups excluding carboxylic acids is 2. The van der Waals surface area contributed by atoms with Crippen LogP contribution in [0.25, 0.3) is 17.0 Å². The summed E-state index contributed by atoms with van der Waals surface area (Å²) < 4.78 is 13.6. The zero-order valence-electron chi connectivity index (χ0n) is 17.7. The molecule has 1 atom stereocenters. The minimum atomic E-state index is -0.0725. The van der Waals surface area contributed by atoms with E-state index in [2.05, 4.69) is 0 Å². The Bertz CT molecular complexity index is 1080. The van der Waals surface area contributed by atoms with E-state index in [9.17, 15) is 9.59 Å². The first-order chi connectivity index (χ1) is 15.6. The number of nitrogens with zero attached hydrogens (tertiary/aromatic N) is 3. The van der Waals surface area contributed by atoms with Gasteiger partial charge in [0, 0.05) is 42.4 Å². The zero-order valence-corrected chi connectivity index (χ0v) is 19.3. The number of hydrogen-bond acceptors (Lipinski definition) is 6. The highest BCUT2D eigenvalue weighted by atomic mass is 32.2. The Labute approximate surface area is 196 Å². The van der Waals surface area contributed by atoms with Gasteiger partial charge in [0.25, 0.3) is 5.91 Å². The Morgan fingerprint density at radius 2 is 2.03 bits per heavy atom. The van der Waals surface area contributed by atoms with Gasteiger partial charge in [0.1, 0.15) is 10.9 Å². The SMILES string of the molecule is O=C(Cn1cc(C=C2SC(=S)N(CC3CCCO3)C2=O)c2ccccc21)N1CCOCC1. The van der Waals surface area contributed by atoms with Crippen LogP contribution in [0.15, 0.2) is 35.4 Å². The molecule has 2 amide bonds. The fourth-order valence-corrected chi connectivity index (χ4v) is 5.64. The average molecular weight is 472 g/mol. The molecular weight excluding hydrogens is 446 g/mol. The number of rotatable bonds is 5. The van der Waals surface area contributed by atoms with Gasteiger partial charge in [-0.2, -0.15) is 0 Å². The van der Waals surface area contributed by atoms with Crippen LogP contribution in [0.2, 0.25) is 0 Å². The number of hydrogen-bond donors (Lipinski definition) is 0. The molecule has 3 aliphatic heterocycles. The van der Waals surface area contributed by atoms with Gasteiger partial charge in [-0.15, -0.1) is 0 Å². The molecule has 5 rings (SSSR count). The Hall–Kier alpha value is -2.20. The first-order valence-corrected chi connectivity index (χ1v) is 12.1. The third-order valence-corrected chi connectivity index (χ3v) is 7.44. The number of thioether (sulfide) groups is 1. The molecule has 4 heterocycles. The minimum Gasteiger partial charge on any atom is -0.378 e. The van der Waals surface area contributed by atoms with E-state index in [-0.39, 0.29) is 24.5 Å². The summed E-state index contributed by atoms with van der Waals surface area (Å²) in [4.78, 5) is 30.0. The van der Waals surface area contributed by atoms with Crippen LogP contribution in [0.4, 0.5) is 0 Å². The third-order valence-electron chi connectivity index (χ3n) is 6.06. The number of para-hydroxylation sites is 1. The highest BCUT2D eigenvalue weighted by Gasteiger charge is 2.34. The van der Waals surface area contributed by atoms with E-state index in [0.717, 1.165) is 35.9 Å². The van der Waals surface area contributed by atoms with Crippen molar-refractivity contribution in [3.05, 3.63) is 40.9 Å². The lowest BCUT2D eigenvalue weighted by Crippen LogP contribution is -2.42. The Morgan fingerprint density at radius 1 is 1.22 bits per heavy atom. The number of morpholine rings is 1. The van der Waals surface area contributed by atoms with Gasteiger partial charge in [0.15, 0.2) is 0 Å². The van der Waals surface area contributed by atoms with Crippen molar-refractivity contribution >= 4 is 57.1 Å². The molecule has 3 fully saturated rings. The summed E-state index contributed by atoms with van der Waals surface area (Å²) >= 11 is 6.81. The van der Waals surface area contributed by atoms with Crippen LogP contribution in [-0.4, -0.2) is 76.1 Å². The van der Waals surface area contributed by atoms with Gasteiger partial charge >= 0.3 is 0 Å². The smallest absolute Gasteiger partial charge is 0.266 e. The van der Waals surface area contributed by atoms with Gasteiger partial charge in [-0.25, -0.2) is 0 Å². The second kappa shape index (κ2) is 9.35. The summed E-state index contributed by atoms with van der Waals surface area (Å²) in [5.41, 5.74) is 1.88. The van der Waals surface area contributed by atoms with Gasteiger partial charge in [-0.3, -0.25) is 14.5 Å². The highest BCUT2D eigenvalue weighted by molar-refractivity contribution is 8.26. The van der Waals surface area contributed by atoms with Crippen molar-refractivity contribution in [3.63, 3.8) is 0 Å². The maximum absolute atomic E-state index is 13.0. The zero-order chi connectivity index (χ0) is 22.1. The van der Waals surface area contributed by atoms with Crippen LogP contribution < -0.4 is 0 Å². The average Bonchev–Trinajstić information content (AvgIpc) is 3.51. The van der Waals surface area contributed by atoms with Crippen molar-refractivity contribution in [1.29, 1.82) is 0 Å². The molecule has 1 unspecified atom stereocenters.